The summed E-state index contributed by atoms with van der Waals surface area (Å²) in [6.07, 6.45) is 2.83. The van der Waals surface area contributed by atoms with E-state index < -0.39 is 0 Å². The SMILES string of the molecule is CN(C)Cc1ccc([C@H]2CCCN2C(=O)c2n[nH]c3c2COCC3)cc1. The lowest BCUT2D eigenvalue weighted by Gasteiger charge is -2.25. The van der Waals surface area contributed by atoms with E-state index in [1.807, 2.05) is 4.90 Å². The van der Waals surface area contributed by atoms with Gasteiger partial charge in [-0.2, -0.15) is 5.10 Å². The first kappa shape index (κ1) is 17.2. The van der Waals surface area contributed by atoms with Gasteiger partial charge in [0.25, 0.3) is 5.91 Å². The van der Waals surface area contributed by atoms with Gasteiger partial charge in [0.05, 0.1) is 19.3 Å². The fourth-order valence-electron chi connectivity index (χ4n) is 3.99. The standard InChI is InChI=1S/C20H26N4O2/c1-23(2)12-14-5-7-15(8-6-14)18-4-3-10-24(18)20(25)19-16-13-26-11-9-17(16)21-22-19/h5-8,18H,3-4,9-13H2,1-2H3,(H,21,22)/t18-/m1/s1. The van der Waals surface area contributed by atoms with Gasteiger partial charge in [0.2, 0.25) is 0 Å². The van der Waals surface area contributed by atoms with Crippen molar-refractivity contribution < 1.29 is 9.53 Å². The number of likely N-dealkylation sites (tertiary alicyclic amines) is 1. The summed E-state index contributed by atoms with van der Waals surface area (Å²) in [6.45, 7) is 2.87. The van der Waals surface area contributed by atoms with Gasteiger partial charge in [-0.3, -0.25) is 9.89 Å². The minimum atomic E-state index is 0.0212. The molecule has 0 saturated carbocycles. The number of carbonyl (C=O) groups excluding carboxylic acids is 1. The molecule has 1 atom stereocenters. The van der Waals surface area contributed by atoms with Crippen molar-refractivity contribution in [2.24, 2.45) is 0 Å². The van der Waals surface area contributed by atoms with Gasteiger partial charge < -0.3 is 14.5 Å². The van der Waals surface area contributed by atoms with Gasteiger partial charge in [0, 0.05) is 30.8 Å². The molecule has 138 valence electrons. The first-order valence-electron chi connectivity index (χ1n) is 9.32. The maximum Gasteiger partial charge on any atom is 0.275 e. The Labute approximate surface area is 154 Å². The van der Waals surface area contributed by atoms with Gasteiger partial charge in [-0.15, -0.1) is 0 Å². The molecule has 0 radical (unpaired) electrons. The molecule has 1 N–H and O–H groups in total. The van der Waals surface area contributed by atoms with Gasteiger partial charge in [0.15, 0.2) is 5.69 Å². The van der Waals surface area contributed by atoms with E-state index in [2.05, 4.69) is 53.5 Å². The summed E-state index contributed by atoms with van der Waals surface area (Å²) in [4.78, 5) is 17.3. The average molecular weight is 354 g/mol. The second-order valence-electron chi connectivity index (χ2n) is 7.47. The summed E-state index contributed by atoms with van der Waals surface area (Å²) in [6, 6.07) is 8.80. The lowest BCUT2D eigenvalue weighted by molar-refractivity contribution is 0.0716. The van der Waals surface area contributed by atoms with Crippen LogP contribution in [0.25, 0.3) is 0 Å². The predicted octanol–water partition coefficient (Wildman–Crippen LogP) is 2.52. The first-order valence-corrected chi connectivity index (χ1v) is 9.32. The smallest absolute Gasteiger partial charge is 0.275 e. The van der Waals surface area contributed by atoms with E-state index in [9.17, 15) is 4.79 Å². The normalized spacial score (nSPS) is 19.8. The minimum Gasteiger partial charge on any atom is -0.376 e. The van der Waals surface area contributed by atoms with Crippen LogP contribution in [-0.4, -0.2) is 53.2 Å². The number of ether oxygens (including phenoxy) is 1. The zero-order chi connectivity index (χ0) is 18.1. The molecule has 0 spiro atoms. The molecule has 0 bridgehead atoms. The lowest BCUT2D eigenvalue weighted by Crippen LogP contribution is -2.31. The molecule has 26 heavy (non-hydrogen) atoms. The van der Waals surface area contributed by atoms with Gasteiger partial charge in [-0.1, -0.05) is 24.3 Å². The Morgan fingerprint density at radius 3 is 2.92 bits per heavy atom. The number of nitrogens with zero attached hydrogens (tertiary/aromatic N) is 3. The Balaban J connectivity index is 1.55. The number of H-pyrrole nitrogens is 1. The van der Waals surface area contributed by atoms with Crippen molar-refractivity contribution in [1.82, 2.24) is 20.0 Å². The number of fused-ring (bicyclic) bond motifs is 1. The Morgan fingerprint density at radius 2 is 2.15 bits per heavy atom. The molecule has 1 saturated heterocycles. The number of hydrogen-bond donors (Lipinski definition) is 1. The van der Waals surface area contributed by atoms with Crippen LogP contribution in [0.1, 0.15) is 51.8 Å². The van der Waals surface area contributed by atoms with Crippen LogP contribution < -0.4 is 0 Å². The molecule has 1 fully saturated rings. The van der Waals surface area contributed by atoms with Crippen LogP contribution in [0.2, 0.25) is 0 Å². The second kappa shape index (κ2) is 7.21. The van der Waals surface area contributed by atoms with Crippen molar-refractivity contribution in [2.75, 3.05) is 27.2 Å². The molecule has 2 aliphatic heterocycles. The summed E-state index contributed by atoms with van der Waals surface area (Å²) in [5.41, 5.74) is 5.01. The fraction of sp³-hybridized carbons (Fsp3) is 0.500. The summed E-state index contributed by atoms with van der Waals surface area (Å²) >= 11 is 0. The zero-order valence-corrected chi connectivity index (χ0v) is 15.5. The topological polar surface area (TPSA) is 61.5 Å². The molecular formula is C20H26N4O2. The van der Waals surface area contributed by atoms with Crippen LogP contribution >= 0.6 is 0 Å². The van der Waals surface area contributed by atoms with Gasteiger partial charge in [-0.25, -0.2) is 0 Å². The number of hydrogen-bond acceptors (Lipinski definition) is 4. The first-order chi connectivity index (χ1) is 12.6. The van der Waals surface area contributed by atoms with Crippen LogP contribution in [0.4, 0.5) is 0 Å². The molecule has 0 unspecified atom stereocenters. The molecule has 2 aromatic rings. The van der Waals surface area contributed by atoms with Crippen LogP contribution in [0.5, 0.6) is 0 Å². The fourth-order valence-corrected chi connectivity index (χ4v) is 3.99. The Morgan fingerprint density at radius 1 is 1.35 bits per heavy atom. The highest BCUT2D eigenvalue weighted by atomic mass is 16.5. The van der Waals surface area contributed by atoms with E-state index in [1.54, 1.807) is 0 Å². The van der Waals surface area contributed by atoms with Crippen LogP contribution in [-0.2, 0) is 24.3 Å². The molecule has 1 aromatic heterocycles. The third kappa shape index (κ3) is 3.27. The molecule has 4 rings (SSSR count). The number of benzene rings is 1. The van der Waals surface area contributed by atoms with Gasteiger partial charge in [-0.05, 0) is 38.1 Å². The van der Waals surface area contributed by atoms with Crippen LogP contribution in [0.15, 0.2) is 24.3 Å². The molecule has 0 aliphatic carbocycles. The molecule has 6 heteroatoms. The van der Waals surface area contributed by atoms with Crippen molar-refractivity contribution in [2.45, 2.75) is 38.5 Å². The summed E-state index contributed by atoms with van der Waals surface area (Å²) in [5.74, 6) is 0.0212. The van der Waals surface area contributed by atoms with E-state index in [0.29, 0.717) is 18.9 Å². The molecule has 3 heterocycles. The highest BCUT2D eigenvalue weighted by molar-refractivity contribution is 5.94. The molecule has 1 amide bonds. The highest BCUT2D eigenvalue weighted by Gasteiger charge is 2.34. The minimum absolute atomic E-state index is 0.0212. The monoisotopic (exact) mass is 354 g/mol. The Hall–Kier alpha value is -2.18. The number of nitrogens with one attached hydrogen (secondary N) is 1. The average Bonchev–Trinajstić information content (AvgIpc) is 3.28. The van der Waals surface area contributed by atoms with E-state index in [4.69, 9.17) is 4.74 Å². The maximum atomic E-state index is 13.2. The van der Waals surface area contributed by atoms with E-state index >= 15 is 0 Å². The summed E-state index contributed by atoms with van der Waals surface area (Å²) in [7, 11) is 4.14. The van der Waals surface area contributed by atoms with Crippen molar-refractivity contribution in [3.63, 3.8) is 0 Å². The van der Waals surface area contributed by atoms with Crippen LogP contribution in [0, 0.1) is 0 Å². The number of aromatic amines is 1. The van der Waals surface area contributed by atoms with Crippen molar-refractivity contribution in [3.8, 4) is 0 Å². The third-order valence-corrected chi connectivity index (χ3v) is 5.28. The quantitative estimate of drug-likeness (QED) is 0.916. The lowest BCUT2D eigenvalue weighted by atomic mass is 10.0. The number of rotatable bonds is 4. The summed E-state index contributed by atoms with van der Waals surface area (Å²) < 4.78 is 5.53. The van der Waals surface area contributed by atoms with Gasteiger partial charge in [0.1, 0.15) is 0 Å². The van der Waals surface area contributed by atoms with Crippen LogP contribution in [0.3, 0.4) is 0 Å². The third-order valence-electron chi connectivity index (χ3n) is 5.28. The summed E-state index contributed by atoms with van der Waals surface area (Å²) in [5, 5.41) is 7.34. The predicted molar refractivity (Wildman–Crippen MR) is 98.8 cm³/mol. The molecule has 2 aliphatic rings. The van der Waals surface area contributed by atoms with Crippen molar-refractivity contribution in [3.05, 3.63) is 52.3 Å². The Kier molecular flexibility index (Phi) is 4.78. The van der Waals surface area contributed by atoms with E-state index in [0.717, 1.165) is 43.6 Å². The number of carbonyl (C=O) groups is 1. The second-order valence-corrected chi connectivity index (χ2v) is 7.47. The zero-order valence-electron chi connectivity index (χ0n) is 15.5. The van der Waals surface area contributed by atoms with E-state index in [1.165, 1.54) is 11.1 Å². The largest absolute Gasteiger partial charge is 0.376 e. The highest BCUT2D eigenvalue weighted by Crippen LogP contribution is 2.34. The van der Waals surface area contributed by atoms with Gasteiger partial charge >= 0.3 is 0 Å². The number of amides is 1. The van der Waals surface area contributed by atoms with Crippen molar-refractivity contribution in [1.29, 1.82) is 0 Å². The van der Waals surface area contributed by atoms with E-state index in [-0.39, 0.29) is 11.9 Å². The maximum absolute atomic E-state index is 13.2. The Bertz CT molecular complexity index is 782. The molecular weight excluding hydrogens is 328 g/mol. The number of aromatic nitrogens is 2. The van der Waals surface area contributed by atoms with Crippen molar-refractivity contribution >= 4 is 5.91 Å². The molecule has 6 nitrogen and oxygen atoms in total. The molecule has 1 aromatic carbocycles.